The summed E-state index contributed by atoms with van der Waals surface area (Å²) >= 11 is 0. The topological polar surface area (TPSA) is 51.2 Å². The fourth-order valence-electron chi connectivity index (χ4n) is 2.39. The van der Waals surface area contributed by atoms with E-state index in [2.05, 4.69) is 10.3 Å². The molecule has 0 bridgehead atoms. The van der Waals surface area contributed by atoms with Gasteiger partial charge in [0.15, 0.2) is 0 Å². The number of rotatable bonds is 5. The summed E-state index contributed by atoms with van der Waals surface area (Å²) in [4.78, 5) is 16.6. The standard InChI is InChI=1S/C20H18N2O2/c1-24-19-11-10-18(14-21-19)16-8-5-9-17(12-16)20(23)22-13-15-6-3-2-4-7-15/h2-12,14H,13H2,1H3,(H,22,23). The first kappa shape index (κ1) is 15.7. The average Bonchev–Trinajstić information content (AvgIpc) is 2.67. The number of nitrogens with zero attached hydrogens (tertiary/aromatic N) is 1. The SMILES string of the molecule is COc1ccc(-c2cccc(C(=O)NCc3ccccc3)c2)cn1. The molecule has 0 atom stereocenters. The Balaban J connectivity index is 1.73. The maximum atomic E-state index is 12.4. The molecule has 0 aliphatic heterocycles. The van der Waals surface area contributed by atoms with Gasteiger partial charge in [-0.15, -0.1) is 0 Å². The summed E-state index contributed by atoms with van der Waals surface area (Å²) < 4.78 is 5.07. The highest BCUT2D eigenvalue weighted by molar-refractivity contribution is 5.95. The number of aromatic nitrogens is 1. The monoisotopic (exact) mass is 318 g/mol. The van der Waals surface area contributed by atoms with Crippen LogP contribution in [0.25, 0.3) is 11.1 Å². The molecule has 0 radical (unpaired) electrons. The number of hydrogen-bond donors (Lipinski definition) is 1. The van der Waals surface area contributed by atoms with E-state index in [1.165, 1.54) is 0 Å². The second-order valence-electron chi connectivity index (χ2n) is 5.34. The zero-order valence-corrected chi connectivity index (χ0v) is 13.4. The molecule has 0 saturated heterocycles. The average molecular weight is 318 g/mol. The molecule has 1 N–H and O–H groups in total. The van der Waals surface area contributed by atoms with Crippen LogP contribution in [0.2, 0.25) is 0 Å². The number of ether oxygens (including phenoxy) is 1. The lowest BCUT2D eigenvalue weighted by Gasteiger charge is -2.08. The normalized spacial score (nSPS) is 10.2. The Kier molecular flexibility index (Phi) is 4.87. The van der Waals surface area contributed by atoms with Crippen molar-refractivity contribution in [2.45, 2.75) is 6.54 Å². The molecule has 0 saturated carbocycles. The highest BCUT2D eigenvalue weighted by atomic mass is 16.5. The molecule has 0 aliphatic carbocycles. The van der Waals surface area contributed by atoms with Crippen molar-refractivity contribution < 1.29 is 9.53 Å². The Morgan fingerprint density at radius 1 is 1.00 bits per heavy atom. The van der Waals surface area contributed by atoms with E-state index in [4.69, 9.17) is 4.74 Å². The van der Waals surface area contributed by atoms with Crippen LogP contribution >= 0.6 is 0 Å². The largest absolute Gasteiger partial charge is 0.481 e. The molecule has 1 heterocycles. The number of carbonyl (C=O) groups excluding carboxylic acids is 1. The van der Waals surface area contributed by atoms with Gasteiger partial charge in [-0.2, -0.15) is 0 Å². The number of pyridine rings is 1. The number of methoxy groups -OCH3 is 1. The number of carbonyl (C=O) groups is 1. The van der Waals surface area contributed by atoms with Crippen molar-refractivity contribution in [3.05, 3.63) is 84.1 Å². The summed E-state index contributed by atoms with van der Waals surface area (Å²) in [5.41, 5.74) is 3.58. The fourth-order valence-corrected chi connectivity index (χ4v) is 2.39. The highest BCUT2D eigenvalue weighted by Crippen LogP contribution is 2.21. The van der Waals surface area contributed by atoms with E-state index in [1.54, 1.807) is 25.4 Å². The van der Waals surface area contributed by atoms with Gasteiger partial charge in [-0.1, -0.05) is 42.5 Å². The second-order valence-corrected chi connectivity index (χ2v) is 5.34. The summed E-state index contributed by atoms with van der Waals surface area (Å²) in [5, 5.41) is 2.94. The van der Waals surface area contributed by atoms with Crippen molar-refractivity contribution in [2.24, 2.45) is 0 Å². The fraction of sp³-hybridized carbons (Fsp3) is 0.100. The summed E-state index contributed by atoms with van der Waals surface area (Å²) in [5.74, 6) is 0.470. The Morgan fingerprint density at radius 2 is 1.83 bits per heavy atom. The van der Waals surface area contributed by atoms with Crippen LogP contribution in [0, 0.1) is 0 Å². The molecule has 2 aromatic carbocycles. The molecule has 3 rings (SSSR count). The lowest BCUT2D eigenvalue weighted by Crippen LogP contribution is -2.22. The zero-order chi connectivity index (χ0) is 16.8. The molecule has 4 nitrogen and oxygen atoms in total. The third-order valence-electron chi connectivity index (χ3n) is 3.70. The molecular formula is C20H18N2O2. The Bertz CT molecular complexity index is 815. The van der Waals surface area contributed by atoms with Crippen molar-refractivity contribution in [3.63, 3.8) is 0 Å². The van der Waals surface area contributed by atoms with E-state index in [-0.39, 0.29) is 5.91 Å². The van der Waals surface area contributed by atoms with Gasteiger partial charge in [0.25, 0.3) is 5.91 Å². The van der Waals surface area contributed by atoms with Gasteiger partial charge in [0.1, 0.15) is 0 Å². The van der Waals surface area contributed by atoms with Gasteiger partial charge in [0.2, 0.25) is 5.88 Å². The van der Waals surface area contributed by atoms with Gasteiger partial charge in [-0.05, 0) is 29.3 Å². The van der Waals surface area contributed by atoms with E-state index >= 15 is 0 Å². The van der Waals surface area contributed by atoms with E-state index in [0.29, 0.717) is 18.0 Å². The lowest BCUT2D eigenvalue weighted by molar-refractivity contribution is 0.0951. The van der Waals surface area contributed by atoms with Gasteiger partial charge >= 0.3 is 0 Å². The van der Waals surface area contributed by atoms with E-state index in [9.17, 15) is 4.79 Å². The first-order chi connectivity index (χ1) is 11.8. The number of hydrogen-bond acceptors (Lipinski definition) is 3. The smallest absolute Gasteiger partial charge is 0.251 e. The Hall–Kier alpha value is -3.14. The molecule has 0 fully saturated rings. The highest BCUT2D eigenvalue weighted by Gasteiger charge is 2.07. The summed E-state index contributed by atoms with van der Waals surface area (Å²) in [7, 11) is 1.58. The quantitative estimate of drug-likeness (QED) is 0.780. The van der Waals surface area contributed by atoms with Crippen molar-refractivity contribution in [2.75, 3.05) is 7.11 Å². The molecule has 4 heteroatoms. The summed E-state index contributed by atoms with van der Waals surface area (Å²) in [6.45, 7) is 0.508. The summed E-state index contributed by atoms with van der Waals surface area (Å²) in [6.07, 6.45) is 1.74. The molecule has 1 amide bonds. The van der Waals surface area contributed by atoms with Crippen molar-refractivity contribution in [1.82, 2.24) is 10.3 Å². The number of benzene rings is 2. The first-order valence-corrected chi connectivity index (χ1v) is 7.69. The van der Waals surface area contributed by atoms with Crippen molar-refractivity contribution in [1.29, 1.82) is 0 Å². The Morgan fingerprint density at radius 3 is 2.54 bits per heavy atom. The molecule has 0 spiro atoms. The van der Waals surface area contributed by atoms with Crippen LogP contribution in [0.5, 0.6) is 5.88 Å². The molecule has 24 heavy (non-hydrogen) atoms. The Labute approximate surface area is 141 Å². The maximum absolute atomic E-state index is 12.4. The van der Waals surface area contributed by atoms with Crippen molar-refractivity contribution >= 4 is 5.91 Å². The predicted octanol–water partition coefficient (Wildman–Crippen LogP) is 3.69. The minimum Gasteiger partial charge on any atom is -0.481 e. The van der Waals surface area contributed by atoms with Crippen LogP contribution < -0.4 is 10.1 Å². The van der Waals surface area contributed by atoms with Gasteiger partial charge in [-0.3, -0.25) is 4.79 Å². The van der Waals surface area contributed by atoms with Gasteiger partial charge in [0, 0.05) is 29.9 Å². The minimum absolute atomic E-state index is 0.0952. The van der Waals surface area contributed by atoms with Gasteiger partial charge < -0.3 is 10.1 Å². The molecule has 0 aliphatic rings. The van der Waals surface area contributed by atoms with Crippen molar-refractivity contribution in [3.8, 4) is 17.0 Å². The van der Waals surface area contributed by atoms with Crippen LogP contribution in [-0.4, -0.2) is 18.0 Å². The third kappa shape index (κ3) is 3.79. The summed E-state index contributed by atoms with van der Waals surface area (Å²) in [6, 6.07) is 21.1. The van der Waals surface area contributed by atoms with E-state index in [1.807, 2.05) is 54.6 Å². The number of amides is 1. The van der Waals surface area contributed by atoms with Crippen LogP contribution in [0.15, 0.2) is 72.9 Å². The molecular weight excluding hydrogens is 300 g/mol. The predicted molar refractivity (Wildman–Crippen MR) is 93.8 cm³/mol. The third-order valence-corrected chi connectivity index (χ3v) is 3.70. The first-order valence-electron chi connectivity index (χ1n) is 7.69. The second kappa shape index (κ2) is 7.42. The molecule has 3 aromatic rings. The molecule has 0 unspecified atom stereocenters. The van der Waals surface area contributed by atoms with E-state index in [0.717, 1.165) is 16.7 Å². The van der Waals surface area contributed by atoms with Crippen LogP contribution in [-0.2, 0) is 6.54 Å². The van der Waals surface area contributed by atoms with E-state index < -0.39 is 0 Å². The maximum Gasteiger partial charge on any atom is 0.251 e. The van der Waals surface area contributed by atoms with Gasteiger partial charge in [0.05, 0.1) is 7.11 Å². The zero-order valence-electron chi connectivity index (χ0n) is 13.4. The molecule has 1 aromatic heterocycles. The molecule has 120 valence electrons. The van der Waals surface area contributed by atoms with Gasteiger partial charge in [-0.25, -0.2) is 4.98 Å². The van der Waals surface area contributed by atoms with Crippen LogP contribution in [0.3, 0.4) is 0 Å². The van der Waals surface area contributed by atoms with Crippen LogP contribution in [0.4, 0.5) is 0 Å². The minimum atomic E-state index is -0.0952. The number of nitrogens with one attached hydrogen (secondary N) is 1. The van der Waals surface area contributed by atoms with Crippen LogP contribution in [0.1, 0.15) is 15.9 Å². The lowest BCUT2D eigenvalue weighted by atomic mass is 10.0.